The molecular formula is C41H24N4O. The van der Waals surface area contributed by atoms with Crippen LogP contribution in [-0.4, -0.2) is 15.0 Å². The topological polar surface area (TPSA) is 55.1 Å². The van der Waals surface area contributed by atoms with E-state index in [9.17, 15) is 0 Å². The van der Waals surface area contributed by atoms with Crippen LogP contribution in [0, 0.1) is 0 Å². The minimum atomic E-state index is 0.570. The van der Waals surface area contributed by atoms with E-state index in [0.29, 0.717) is 17.6 Å². The van der Waals surface area contributed by atoms with Gasteiger partial charge in [-0.2, -0.15) is 9.97 Å². The fraction of sp³-hybridized carbons (Fsp3) is 0. The lowest BCUT2D eigenvalue weighted by Gasteiger charge is -2.33. The lowest BCUT2D eigenvalue weighted by Crippen LogP contribution is -2.19. The van der Waals surface area contributed by atoms with E-state index in [-0.39, 0.29) is 0 Å². The van der Waals surface area contributed by atoms with E-state index in [1.165, 1.54) is 16.3 Å². The maximum Gasteiger partial charge on any atom is 0.238 e. The molecule has 5 nitrogen and oxygen atoms in total. The van der Waals surface area contributed by atoms with Crippen LogP contribution >= 0.6 is 0 Å². The normalized spacial score (nSPS) is 12.3. The Balaban J connectivity index is 1.29. The number of benzene rings is 7. The van der Waals surface area contributed by atoms with Crippen molar-refractivity contribution in [3.8, 4) is 33.9 Å². The molecule has 3 heterocycles. The average Bonchev–Trinajstić information content (AvgIpc) is 3.50. The molecule has 0 unspecified atom stereocenters. The van der Waals surface area contributed by atoms with Gasteiger partial charge in [-0.3, -0.25) is 4.90 Å². The third-order valence-corrected chi connectivity index (χ3v) is 9.03. The Morgan fingerprint density at radius 2 is 1.17 bits per heavy atom. The van der Waals surface area contributed by atoms with E-state index in [0.717, 1.165) is 60.8 Å². The molecule has 0 atom stereocenters. The zero-order valence-corrected chi connectivity index (χ0v) is 24.6. The first-order chi connectivity index (χ1) is 22.8. The van der Waals surface area contributed by atoms with E-state index in [2.05, 4.69) is 89.8 Å². The molecule has 9 aromatic rings. The van der Waals surface area contributed by atoms with E-state index >= 15 is 0 Å². The van der Waals surface area contributed by atoms with Gasteiger partial charge in [0.15, 0.2) is 11.6 Å². The van der Waals surface area contributed by atoms with Crippen LogP contribution in [0.25, 0.3) is 77.4 Å². The molecule has 0 saturated heterocycles. The van der Waals surface area contributed by atoms with Gasteiger partial charge < -0.3 is 4.42 Å². The molecule has 0 radical (unpaired) electrons. The molecule has 214 valence electrons. The lowest BCUT2D eigenvalue weighted by molar-refractivity contribution is 0.669. The van der Waals surface area contributed by atoms with Crippen molar-refractivity contribution in [2.24, 2.45) is 0 Å². The van der Waals surface area contributed by atoms with Crippen molar-refractivity contribution in [3.63, 3.8) is 0 Å². The molecule has 0 aliphatic carbocycles. The highest BCUT2D eigenvalue weighted by molar-refractivity contribution is 6.18. The number of fused-ring (bicyclic) bond motifs is 7. The Kier molecular flexibility index (Phi) is 5.22. The van der Waals surface area contributed by atoms with Gasteiger partial charge in [-0.25, -0.2) is 4.98 Å². The third kappa shape index (κ3) is 3.66. The molecular weight excluding hydrogens is 564 g/mol. The molecule has 0 saturated carbocycles. The van der Waals surface area contributed by atoms with Crippen LogP contribution in [-0.2, 0) is 0 Å². The van der Waals surface area contributed by atoms with Gasteiger partial charge in [-0.05, 0) is 46.7 Å². The summed E-state index contributed by atoms with van der Waals surface area (Å²) in [5.74, 6) is 1.79. The molecule has 1 aliphatic heterocycles. The summed E-state index contributed by atoms with van der Waals surface area (Å²) in [5.41, 5.74) is 7.99. The van der Waals surface area contributed by atoms with Crippen molar-refractivity contribution in [1.82, 2.24) is 15.0 Å². The minimum absolute atomic E-state index is 0.570. The fourth-order valence-corrected chi connectivity index (χ4v) is 6.95. The van der Waals surface area contributed by atoms with Crippen molar-refractivity contribution in [2.75, 3.05) is 4.90 Å². The van der Waals surface area contributed by atoms with E-state index in [1.54, 1.807) is 0 Å². The first-order valence-corrected chi connectivity index (χ1v) is 15.4. The molecule has 1 aliphatic rings. The number of hydrogen-bond acceptors (Lipinski definition) is 5. The molecule has 5 heteroatoms. The SMILES string of the molecule is c1ccc(-c2nc(-c3ccc4oc5ccccc5c4c3)nc(N3c4c(ccc5ccccc45)-c4cccc5cccc3c45)n2)cc1. The maximum atomic E-state index is 6.14. The molecule has 10 rings (SSSR count). The van der Waals surface area contributed by atoms with Crippen LogP contribution in [0.2, 0.25) is 0 Å². The lowest BCUT2D eigenvalue weighted by atomic mass is 9.89. The van der Waals surface area contributed by atoms with Crippen LogP contribution in [0.4, 0.5) is 17.3 Å². The second-order valence-electron chi connectivity index (χ2n) is 11.7. The Hall–Kier alpha value is -6.33. The Bertz CT molecular complexity index is 2650. The number of aromatic nitrogens is 3. The minimum Gasteiger partial charge on any atom is -0.456 e. The smallest absolute Gasteiger partial charge is 0.238 e. The van der Waals surface area contributed by atoms with E-state index in [1.807, 2.05) is 60.7 Å². The monoisotopic (exact) mass is 588 g/mol. The third-order valence-electron chi connectivity index (χ3n) is 9.03. The first-order valence-electron chi connectivity index (χ1n) is 15.4. The van der Waals surface area contributed by atoms with Gasteiger partial charge in [0.25, 0.3) is 0 Å². The second kappa shape index (κ2) is 9.58. The predicted octanol–water partition coefficient (Wildman–Crippen LogP) is 10.9. The number of hydrogen-bond donors (Lipinski definition) is 0. The quantitative estimate of drug-likeness (QED) is 0.205. The molecule has 0 fully saturated rings. The summed E-state index contributed by atoms with van der Waals surface area (Å²) < 4.78 is 6.14. The second-order valence-corrected chi connectivity index (χ2v) is 11.7. The van der Waals surface area contributed by atoms with E-state index < -0.39 is 0 Å². The van der Waals surface area contributed by atoms with Crippen LogP contribution in [0.5, 0.6) is 0 Å². The molecule has 0 spiro atoms. The predicted molar refractivity (Wildman–Crippen MR) is 187 cm³/mol. The number of para-hydroxylation sites is 1. The number of furan rings is 1. The zero-order chi connectivity index (χ0) is 30.2. The fourth-order valence-electron chi connectivity index (χ4n) is 6.95. The van der Waals surface area contributed by atoms with Gasteiger partial charge in [-0.15, -0.1) is 0 Å². The van der Waals surface area contributed by atoms with Crippen molar-refractivity contribution in [3.05, 3.63) is 146 Å². The summed E-state index contributed by atoms with van der Waals surface area (Å²) in [7, 11) is 0. The highest BCUT2D eigenvalue weighted by atomic mass is 16.3. The number of rotatable bonds is 3. The van der Waals surface area contributed by atoms with Gasteiger partial charge in [-0.1, -0.05) is 115 Å². The van der Waals surface area contributed by atoms with Gasteiger partial charge in [0.2, 0.25) is 5.95 Å². The summed E-state index contributed by atoms with van der Waals surface area (Å²) in [6.45, 7) is 0. The Labute approximate surface area is 264 Å². The molecule has 7 aromatic carbocycles. The molecule has 2 aromatic heterocycles. The zero-order valence-electron chi connectivity index (χ0n) is 24.6. The largest absolute Gasteiger partial charge is 0.456 e. The number of nitrogens with zero attached hydrogens (tertiary/aromatic N) is 4. The van der Waals surface area contributed by atoms with Crippen LogP contribution in [0.3, 0.4) is 0 Å². The highest BCUT2D eigenvalue weighted by Crippen LogP contribution is 2.52. The van der Waals surface area contributed by atoms with Crippen molar-refractivity contribution < 1.29 is 4.42 Å². The van der Waals surface area contributed by atoms with Gasteiger partial charge in [0, 0.05) is 38.2 Å². The standard InChI is InChI=1S/C41H24N4O/c1-2-11-27(12-3-1)39-42-40(28-21-23-36-33(24-28)30-16-6-7-19-35(30)46-36)44-41(43-39)45-34-18-9-14-26-13-8-17-31(37(26)34)32-22-20-25-10-4-5-15-29(25)38(32)45/h1-24H. The van der Waals surface area contributed by atoms with Crippen LogP contribution in [0.15, 0.2) is 150 Å². The summed E-state index contributed by atoms with van der Waals surface area (Å²) >= 11 is 0. The van der Waals surface area contributed by atoms with Crippen LogP contribution in [0.1, 0.15) is 0 Å². The van der Waals surface area contributed by atoms with Crippen LogP contribution < -0.4 is 4.90 Å². The van der Waals surface area contributed by atoms with Gasteiger partial charge in [0.1, 0.15) is 11.2 Å². The Morgan fingerprint density at radius 3 is 2.07 bits per heavy atom. The first kappa shape index (κ1) is 25.0. The molecule has 0 amide bonds. The average molecular weight is 589 g/mol. The van der Waals surface area contributed by atoms with Crippen molar-refractivity contribution >= 4 is 60.8 Å². The molecule has 0 N–H and O–H groups in total. The number of anilines is 3. The highest BCUT2D eigenvalue weighted by Gasteiger charge is 2.30. The molecule has 46 heavy (non-hydrogen) atoms. The Morgan fingerprint density at radius 1 is 0.457 bits per heavy atom. The maximum absolute atomic E-state index is 6.14. The van der Waals surface area contributed by atoms with Gasteiger partial charge >= 0.3 is 0 Å². The summed E-state index contributed by atoms with van der Waals surface area (Å²) in [4.78, 5) is 17.8. The summed E-state index contributed by atoms with van der Waals surface area (Å²) in [6, 6.07) is 50.4. The molecule has 0 bridgehead atoms. The van der Waals surface area contributed by atoms with Crippen molar-refractivity contribution in [1.29, 1.82) is 0 Å². The summed E-state index contributed by atoms with van der Waals surface area (Å²) in [6.07, 6.45) is 0. The van der Waals surface area contributed by atoms with Crippen molar-refractivity contribution in [2.45, 2.75) is 0 Å². The van der Waals surface area contributed by atoms with E-state index in [4.69, 9.17) is 19.4 Å². The summed E-state index contributed by atoms with van der Waals surface area (Å²) in [5, 5.41) is 6.76. The van der Waals surface area contributed by atoms with Gasteiger partial charge in [0.05, 0.1) is 11.4 Å².